The fourth-order valence-corrected chi connectivity index (χ4v) is 4.76. The second-order valence-electron chi connectivity index (χ2n) is 7.01. The van der Waals surface area contributed by atoms with Crippen molar-refractivity contribution in [2.24, 2.45) is 0 Å². The largest absolute Gasteiger partial charge is 0.495 e. The summed E-state index contributed by atoms with van der Waals surface area (Å²) in [7, 11) is 1.53. The van der Waals surface area contributed by atoms with Crippen molar-refractivity contribution in [1.82, 2.24) is 14.8 Å². The number of ether oxygens (including phenoxy) is 2. The number of hydrogen-bond acceptors (Lipinski definition) is 6. The van der Waals surface area contributed by atoms with E-state index in [0.717, 1.165) is 22.5 Å². The Balaban J connectivity index is 1.55. The van der Waals surface area contributed by atoms with Crippen LogP contribution in [0.3, 0.4) is 0 Å². The van der Waals surface area contributed by atoms with Crippen LogP contribution in [-0.4, -0.2) is 40.1 Å². The average molecular weight is 586 g/mol. The van der Waals surface area contributed by atoms with E-state index in [4.69, 9.17) is 32.7 Å². The molecule has 3 aromatic rings. The number of allylic oxidation sites excluding steroid dienone is 1. The van der Waals surface area contributed by atoms with Crippen LogP contribution in [-0.2, 0) is 17.8 Å². The molecule has 1 N–H and O–H groups in total. The Bertz CT molecular complexity index is 1160. The molecule has 7 nitrogen and oxygen atoms in total. The molecule has 3 rings (SSSR count). The van der Waals surface area contributed by atoms with E-state index in [1.165, 1.54) is 18.9 Å². The zero-order chi connectivity index (χ0) is 24.5. The van der Waals surface area contributed by atoms with Gasteiger partial charge in [-0.2, -0.15) is 0 Å². The second-order valence-corrected chi connectivity index (χ2v) is 9.68. The number of aromatic nitrogens is 3. The summed E-state index contributed by atoms with van der Waals surface area (Å²) in [6.45, 7) is 4.86. The van der Waals surface area contributed by atoms with Crippen LogP contribution in [0, 0.1) is 0 Å². The first-order chi connectivity index (χ1) is 16.4. The van der Waals surface area contributed by atoms with Crippen molar-refractivity contribution in [2.45, 2.75) is 24.5 Å². The zero-order valence-corrected chi connectivity index (χ0v) is 22.3. The first-order valence-electron chi connectivity index (χ1n) is 10.3. The number of benzene rings is 2. The van der Waals surface area contributed by atoms with Gasteiger partial charge in [-0.3, -0.25) is 4.79 Å². The minimum absolute atomic E-state index is 0.151. The molecule has 0 fully saturated rings. The van der Waals surface area contributed by atoms with Gasteiger partial charge in [-0.15, -0.1) is 16.8 Å². The molecule has 0 aliphatic carbocycles. The molecule has 2 aromatic carbocycles. The summed E-state index contributed by atoms with van der Waals surface area (Å²) in [4.78, 5) is 12.5. The molecule has 1 aromatic heterocycles. The van der Waals surface area contributed by atoms with Crippen molar-refractivity contribution in [1.29, 1.82) is 0 Å². The molecular formula is C23H23BrCl2N4O3S. The third-order valence-electron chi connectivity index (χ3n) is 4.57. The summed E-state index contributed by atoms with van der Waals surface area (Å²) < 4.78 is 13.8. The Morgan fingerprint density at radius 2 is 1.94 bits per heavy atom. The summed E-state index contributed by atoms with van der Waals surface area (Å²) in [5.41, 5.74) is 0.515. The second kappa shape index (κ2) is 13.0. The highest BCUT2D eigenvalue weighted by atomic mass is 79.9. The molecule has 0 saturated heterocycles. The molecule has 0 saturated carbocycles. The lowest BCUT2D eigenvalue weighted by atomic mass is 10.3. The van der Waals surface area contributed by atoms with Crippen LogP contribution in [0.25, 0.3) is 0 Å². The third kappa shape index (κ3) is 7.40. The van der Waals surface area contributed by atoms with Gasteiger partial charge in [0, 0.05) is 23.0 Å². The van der Waals surface area contributed by atoms with E-state index >= 15 is 0 Å². The number of carbonyl (C=O) groups excluding carboxylic acids is 1. The monoisotopic (exact) mass is 584 g/mol. The number of carbonyl (C=O) groups is 1. The van der Waals surface area contributed by atoms with Gasteiger partial charge in [0.25, 0.3) is 0 Å². The predicted octanol–water partition coefficient (Wildman–Crippen LogP) is 6.28. The van der Waals surface area contributed by atoms with Crippen molar-refractivity contribution in [3.63, 3.8) is 0 Å². The lowest BCUT2D eigenvalue weighted by molar-refractivity contribution is -0.113. The normalized spacial score (nSPS) is 10.7. The van der Waals surface area contributed by atoms with Crippen LogP contribution < -0.4 is 14.8 Å². The number of rotatable bonds is 12. The minimum Gasteiger partial charge on any atom is -0.495 e. The fraction of sp³-hybridized carbons (Fsp3) is 0.261. The van der Waals surface area contributed by atoms with E-state index in [0.29, 0.717) is 46.2 Å². The van der Waals surface area contributed by atoms with Crippen LogP contribution in [0.4, 0.5) is 5.69 Å². The maximum atomic E-state index is 12.5. The van der Waals surface area contributed by atoms with Crippen LogP contribution in [0.1, 0.15) is 12.2 Å². The van der Waals surface area contributed by atoms with Crippen molar-refractivity contribution in [2.75, 3.05) is 24.8 Å². The zero-order valence-electron chi connectivity index (χ0n) is 18.4. The number of anilines is 1. The fourth-order valence-electron chi connectivity index (χ4n) is 3.02. The Kier molecular flexibility index (Phi) is 10.1. The van der Waals surface area contributed by atoms with Gasteiger partial charge in [-0.05, 0) is 58.7 Å². The Morgan fingerprint density at radius 1 is 1.21 bits per heavy atom. The summed E-state index contributed by atoms with van der Waals surface area (Å²) in [6, 6.07) is 10.4. The van der Waals surface area contributed by atoms with E-state index in [2.05, 4.69) is 38.0 Å². The number of thioether (sulfide) groups is 1. The summed E-state index contributed by atoms with van der Waals surface area (Å²) >= 11 is 16.7. The minimum atomic E-state index is -0.206. The molecule has 0 radical (unpaired) electrons. The number of aryl methyl sites for hydroxylation is 1. The van der Waals surface area contributed by atoms with Gasteiger partial charge in [0.1, 0.15) is 17.3 Å². The Hall–Kier alpha value is -2.20. The van der Waals surface area contributed by atoms with Crippen molar-refractivity contribution < 1.29 is 14.3 Å². The molecule has 0 unspecified atom stereocenters. The van der Waals surface area contributed by atoms with Crippen LogP contribution in [0.5, 0.6) is 11.5 Å². The molecule has 1 amide bonds. The number of hydrogen-bond donors (Lipinski definition) is 1. The van der Waals surface area contributed by atoms with Gasteiger partial charge >= 0.3 is 0 Å². The Morgan fingerprint density at radius 3 is 2.65 bits per heavy atom. The maximum absolute atomic E-state index is 12.5. The summed E-state index contributed by atoms with van der Waals surface area (Å²) in [5.74, 6) is 2.02. The molecule has 0 bridgehead atoms. The van der Waals surface area contributed by atoms with Crippen LogP contribution in [0.2, 0.25) is 10.0 Å². The first-order valence-corrected chi connectivity index (χ1v) is 12.8. The average Bonchev–Trinajstić information content (AvgIpc) is 3.18. The highest BCUT2D eigenvalue weighted by molar-refractivity contribution is 9.10. The SMILES string of the molecule is C=CCn1c(CCCOc2ccc(Cl)cc2Br)nnc1SCC(=O)Nc1cc(Cl)ccc1OC. The van der Waals surface area contributed by atoms with Gasteiger partial charge in [0.2, 0.25) is 5.91 Å². The molecule has 11 heteroatoms. The molecule has 0 atom stereocenters. The van der Waals surface area contributed by atoms with E-state index in [-0.39, 0.29) is 11.7 Å². The lowest BCUT2D eigenvalue weighted by Crippen LogP contribution is -2.15. The highest BCUT2D eigenvalue weighted by Crippen LogP contribution is 2.29. The van der Waals surface area contributed by atoms with Crippen LogP contribution >= 0.6 is 50.9 Å². The van der Waals surface area contributed by atoms with Gasteiger partial charge in [-0.1, -0.05) is 41.0 Å². The topological polar surface area (TPSA) is 78.3 Å². The molecule has 0 aliphatic heterocycles. The first kappa shape index (κ1) is 26.4. The van der Waals surface area contributed by atoms with E-state index < -0.39 is 0 Å². The van der Waals surface area contributed by atoms with E-state index in [1.807, 2.05) is 10.6 Å². The summed E-state index contributed by atoms with van der Waals surface area (Å²) in [5, 5.41) is 13.2. The maximum Gasteiger partial charge on any atom is 0.234 e. The van der Waals surface area contributed by atoms with Crippen molar-refractivity contribution >= 4 is 62.5 Å². The standard InChI is InChI=1S/C23H23BrCl2N4O3S/c1-3-10-30-21(5-4-11-33-19-8-6-15(25)12-17(19)24)28-29-23(30)34-14-22(31)27-18-13-16(26)7-9-20(18)32-2/h3,6-9,12-13H,1,4-5,10-11,14H2,2H3,(H,27,31). The number of methoxy groups -OCH3 is 1. The van der Waals surface area contributed by atoms with E-state index in [9.17, 15) is 4.79 Å². The van der Waals surface area contributed by atoms with Gasteiger partial charge in [0.05, 0.1) is 29.6 Å². The van der Waals surface area contributed by atoms with Crippen molar-refractivity contribution in [3.8, 4) is 11.5 Å². The molecule has 180 valence electrons. The third-order valence-corrected chi connectivity index (χ3v) is 6.63. The molecule has 0 aliphatic rings. The smallest absolute Gasteiger partial charge is 0.234 e. The highest BCUT2D eigenvalue weighted by Gasteiger charge is 2.15. The summed E-state index contributed by atoms with van der Waals surface area (Å²) in [6.07, 6.45) is 3.18. The Labute approximate surface area is 221 Å². The number of halogens is 3. The lowest BCUT2D eigenvalue weighted by Gasteiger charge is -2.11. The molecular weight excluding hydrogens is 563 g/mol. The predicted molar refractivity (Wildman–Crippen MR) is 141 cm³/mol. The van der Waals surface area contributed by atoms with Gasteiger partial charge in [0.15, 0.2) is 5.16 Å². The van der Waals surface area contributed by atoms with E-state index in [1.54, 1.807) is 36.4 Å². The molecule has 0 spiro atoms. The van der Waals surface area contributed by atoms with Gasteiger partial charge in [-0.25, -0.2) is 0 Å². The number of nitrogens with zero attached hydrogens (tertiary/aromatic N) is 3. The van der Waals surface area contributed by atoms with Crippen molar-refractivity contribution in [3.05, 3.63) is 69.4 Å². The molecule has 1 heterocycles. The van der Waals surface area contributed by atoms with Crippen LogP contribution in [0.15, 0.2) is 58.7 Å². The van der Waals surface area contributed by atoms with Gasteiger partial charge < -0.3 is 19.4 Å². The number of amides is 1. The number of nitrogens with one attached hydrogen (secondary N) is 1. The molecule has 34 heavy (non-hydrogen) atoms. The quantitative estimate of drug-likeness (QED) is 0.153.